The largest absolute Gasteiger partial charge is 0.453 e. The van der Waals surface area contributed by atoms with Gasteiger partial charge in [-0.2, -0.15) is 0 Å². The minimum atomic E-state index is -0.833. The van der Waals surface area contributed by atoms with Crippen molar-refractivity contribution in [1.29, 1.82) is 0 Å². The average Bonchev–Trinajstić information content (AvgIpc) is 2.82. The van der Waals surface area contributed by atoms with Gasteiger partial charge in [-0.15, -0.1) is 11.3 Å². The Morgan fingerprint density at radius 3 is 2.63 bits per heavy atom. The van der Waals surface area contributed by atoms with Gasteiger partial charge in [0.25, 0.3) is 11.8 Å². The Morgan fingerprint density at radius 1 is 1.11 bits per heavy atom. The third kappa shape index (κ3) is 4.48. The zero-order chi connectivity index (χ0) is 19.4. The van der Waals surface area contributed by atoms with E-state index in [0.717, 1.165) is 42.5 Å². The molecule has 0 radical (unpaired) electrons. The number of halogens is 1. The molecule has 1 aromatic carbocycles. The van der Waals surface area contributed by atoms with Gasteiger partial charge in [-0.05, 0) is 49.4 Å². The number of benzene rings is 1. The van der Waals surface area contributed by atoms with Crippen molar-refractivity contribution in [2.75, 3.05) is 12.4 Å². The van der Waals surface area contributed by atoms with Crippen LogP contribution in [0.2, 0.25) is 5.02 Å². The van der Waals surface area contributed by atoms with Crippen molar-refractivity contribution in [3.8, 4) is 0 Å². The van der Waals surface area contributed by atoms with E-state index in [-0.39, 0.29) is 5.91 Å². The van der Waals surface area contributed by atoms with E-state index < -0.39 is 12.0 Å². The van der Waals surface area contributed by atoms with Gasteiger partial charge in [-0.1, -0.05) is 24.1 Å². The number of methoxy groups -OCH3 is 1. The Morgan fingerprint density at radius 2 is 1.89 bits per heavy atom. The van der Waals surface area contributed by atoms with E-state index in [0.29, 0.717) is 21.2 Å². The summed E-state index contributed by atoms with van der Waals surface area (Å²) >= 11 is 7.34. The molecule has 3 rings (SSSR count). The highest BCUT2D eigenvalue weighted by Crippen LogP contribution is 2.37. The van der Waals surface area contributed by atoms with E-state index >= 15 is 0 Å². The van der Waals surface area contributed by atoms with Crippen molar-refractivity contribution in [3.05, 3.63) is 50.9 Å². The Balaban J connectivity index is 1.95. The second-order valence-electron chi connectivity index (χ2n) is 6.18. The van der Waals surface area contributed by atoms with Gasteiger partial charge in [0, 0.05) is 15.5 Å². The number of rotatable bonds is 3. The number of imide groups is 1. The molecule has 0 fully saturated rings. The first-order chi connectivity index (χ1) is 13.0. The van der Waals surface area contributed by atoms with E-state index in [2.05, 4.69) is 15.4 Å². The number of nitrogens with one attached hydrogen (secondary N) is 2. The number of thiophene rings is 1. The van der Waals surface area contributed by atoms with Crippen LogP contribution in [0.1, 0.15) is 50.4 Å². The summed E-state index contributed by atoms with van der Waals surface area (Å²) in [7, 11) is 1.19. The first-order valence-corrected chi connectivity index (χ1v) is 9.79. The second kappa shape index (κ2) is 8.54. The smallest absolute Gasteiger partial charge is 0.413 e. The number of aryl methyl sites for hydroxylation is 1. The van der Waals surface area contributed by atoms with Gasteiger partial charge in [0.05, 0.1) is 12.7 Å². The molecule has 1 aliphatic rings. The van der Waals surface area contributed by atoms with Gasteiger partial charge in [0.2, 0.25) is 0 Å². The lowest BCUT2D eigenvalue weighted by atomic mass is 10.0. The number of carbonyl (C=O) groups is 3. The molecule has 0 aliphatic heterocycles. The summed E-state index contributed by atoms with van der Waals surface area (Å²) in [6.45, 7) is 0. The summed E-state index contributed by atoms with van der Waals surface area (Å²) in [4.78, 5) is 37.9. The van der Waals surface area contributed by atoms with Crippen LogP contribution in [-0.4, -0.2) is 25.0 Å². The molecule has 1 aliphatic carbocycles. The quantitative estimate of drug-likeness (QED) is 0.739. The molecular weight excluding hydrogens is 388 g/mol. The third-order valence-corrected chi connectivity index (χ3v) is 5.81. The zero-order valence-electron chi connectivity index (χ0n) is 14.8. The van der Waals surface area contributed by atoms with E-state index in [1.165, 1.54) is 18.4 Å². The van der Waals surface area contributed by atoms with Crippen LogP contribution in [0.4, 0.5) is 9.80 Å². The standard InChI is InChI=1S/C19H19ClN2O4S/c1-26-19(25)22-17(24)15-13-8-3-2-4-9-14(13)27-18(15)21-16(23)11-6-5-7-12(20)10-11/h5-7,10H,2-4,8-9H2,1H3,(H,21,23)(H,22,24,25). The van der Waals surface area contributed by atoms with Crippen LogP contribution in [0.15, 0.2) is 24.3 Å². The molecule has 1 heterocycles. The molecular formula is C19H19ClN2O4S. The summed E-state index contributed by atoms with van der Waals surface area (Å²) in [5.41, 5.74) is 1.64. The molecule has 6 nitrogen and oxygen atoms in total. The molecule has 0 atom stereocenters. The van der Waals surface area contributed by atoms with Crippen LogP contribution in [0, 0.1) is 0 Å². The van der Waals surface area contributed by atoms with E-state index in [4.69, 9.17) is 11.6 Å². The number of ether oxygens (including phenoxy) is 1. The SMILES string of the molecule is COC(=O)NC(=O)c1c(NC(=O)c2cccc(Cl)c2)sc2c1CCCCC2. The van der Waals surface area contributed by atoms with Gasteiger partial charge in [0.1, 0.15) is 5.00 Å². The Hall–Kier alpha value is -2.38. The lowest BCUT2D eigenvalue weighted by Gasteiger charge is -2.09. The number of fused-ring (bicyclic) bond motifs is 1. The molecule has 2 N–H and O–H groups in total. The molecule has 0 bridgehead atoms. The minimum absolute atomic E-state index is 0.345. The number of hydrogen-bond acceptors (Lipinski definition) is 5. The number of carbonyl (C=O) groups excluding carboxylic acids is 3. The number of anilines is 1. The van der Waals surface area contributed by atoms with Gasteiger partial charge in [0.15, 0.2) is 0 Å². The van der Waals surface area contributed by atoms with Crippen molar-refractivity contribution in [1.82, 2.24) is 5.32 Å². The highest BCUT2D eigenvalue weighted by atomic mass is 35.5. The molecule has 0 saturated heterocycles. The van der Waals surface area contributed by atoms with Gasteiger partial charge in [-0.25, -0.2) is 4.79 Å². The fraction of sp³-hybridized carbons (Fsp3) is 0.316. The topological polar surface area (TPSA) is 84.5 Å². The lowest BCUT2D eigenvalue weighted by molar-refractivity contribution is 0.0937. The van der Waals surface area contributed by atoms with E-state index in [1.54, 1.807) is 24.3 Å². The summed E-state index contributed by atoms with van der Waals surface area (Å²) < 4.78 is 4.52. The monoisotopic (exact) mass is 406 g/mol. The number of alkyl carbamates (subject to hydrolysis) is 1. The highest BCUT2D eigenvalue weighted by Gasteiger charge is 2.27. The average molecular weight is 407 g/mol. The molecule has 0 unspecified atom stereocenters. The Labute approximate surface area is 165 Å². The van der Waals surface area contributed by atoms with Gasteiger partial charge < -0.3 is 10.1 Å². The lowest BCUT2D eigenvalue weighted by Crippen LogP contribution is -2.31. The van der Waals surface area contributed by atoms with Crippen LogP contribution in [0.3, 0.4) is 0 Å². The van der Waals surface area contributed by atoms with Crippen LogP contribution < -0.4 is 10.6 Å². The van der Waals surface area contributed by atoms with Crippen molar-refractivity contribution >= 4 is 45.8 Å². The molecule has 1 aromatic heterocycles. The first kappa shape index (κ1) is 19.4. The van der Waals surface area contributed by atoms with Crippen LogP contribution >= 0.6 is 22.9 Å². The first-order valence-electron chi connectivity index (χ1n) is 8.60. The number of amides is 3. The zero-order valence-corrected chi connectivity index (χ0v) is 16.3. The second-order valence-corrected chi connectivity index (χ2v) is 7.72. The molecule has 8 heteroatoms. The van der Waals surface area contributed by atoms with Crippen LogP contribution in [0.25, 0.3) is 0 Å². The van der Waals surface area contributed by atoms with Gasteiger partial charge in [-0.3, -0.25) is 14.9 Å². The maximum atomic E-state index is 12.7. The Bertz CT molecular complexity index is 894. The van der Waals surface area contributed by atoms with Crippen LogP contribution in [-0.2, 0) is 17.6 Å². The third-order valence-electron chi connectivity index (χ3n) is 4.36. The highest BCUT2D eigenvalue weighted by molar-refractivity contribution is 7.17. The summed E-state index contributed by atoms with van der Waals surface area (Å²) in [6, 6.07) is 6.57. The normalized spacial score (nSPS) is 13.3. The van der Waals surface area contributed by atoms with Crippen molar-refractivity contribution in [3.63, 3.8) is 0 Å². The molecule has 27 heavy (non-hydrogen) atoms. The predicted octanol–water partition coefficient (Wildman–Crippen LogP) is 4.42. The number of hydrogen-bond donors (Lipinski definition) is 2. The predicted molar refractivity (Wildman–Crippen MR) is 105 cm³/mol. The van der Waals surface area contributed by atoms with E-state index in [9.17, 15) is 14.4 Å². The molecule has 0 spiro atoms. The van der Waals surface area contributed by atoms with Crippen molar-refractivity contribution in [2.24, 2.45) is 0 Å². The van der Waals surface area contributed by atoms with Gasteiger partial charge >= 0.3 is 6.09 Å². The maximum absolute atomic E-state index is 12.7. The summed E-state index contributed by atoms with van der Waals surface area (Å²) in [6.07, 6.45) is 3.84. The molecule has 0 saturated carbocycles. The van der Waals surface area contributed by atoms with Crippen molar-refractivity contribution < 1.29 is 19.1 Å². The van der Waals surface area contributed by atoms with Crippen LogP contribution in [0.5, 0.6) is 0 Å². The molecule has 142 valence electrons. The molecule has 3 amide bonds. The fourth-order valence-electron chi connectivity index (χ4n) is 3.08. The minimum Gasteiger partial charge on any atom is -0.453 e. The van der Waals surface area contributed by atoms with Crippen molar-refractivity contribution in [2.45, 2.75) is 32.1 Å². The fourth-order valence-corrected chi connectivity index (χ4v) is 4.55. The summed E-state index contributed by atoms with van der Waals surface area (Å²) in [5.74, 6) is -0.927. The molecule has 2 aromatic rings. The summed E-state index contributed by atoms with van der Waals surface area (Å²) in [5, 5.41) is 5.90. The van der Waals surface area contributed by atoms with E-state index in [1.807, 2.05) is 0 Å². The maximum Gasteiger partial charge on any atom is 0.413 e. The Kier molecular flexibility index (Phi) is 6.13.